The van der Waals surface area contributed by atoms with Crippen molar-refractivity contribution in [3.63, 3.8) is 0 Å². The molecule has 1 fully saturated rings. The fourth-order valence-electron chi connectivity index (χ4n) is 2.37. The van der Waals surface area contributed by atoms with E-state index < -0.39 is 0 Å². The van der Waals surface area contributed by atoms with E-state index in [1.54, 1.807) is 0 Å². The van der Waals surface area contributed by atoms with Gasteiger partial charge < -0.3 is 15.0 Å². The van der Waals surface area contributed by atoms with Gasteiger partial charge in [0, 0.05) is 25.6 Å². The maximum absolute atomic E-state index is 11.4. The van der Waals surface area contributed by atoms with Crippen molar-refractivity contribution in [1.29, 1.82) is 0 Å². The van der Waals surface area contributed by atoms with Crippen molar-refractivity contribution in [2.24, 2.45) is 5.92 Å². The zero-order valence-electron chi connectivity index (χ0n) is 12.9. The summed E-state index contributed by atoms with van der Waals surface area (Å²) in [7, 11) is 0. The molecule has 4 nitrogen and oxygen atoms in total. The van der Waals surface area contributed by atoms with Crippen molar-refractivity contribution >= 4 is 5.91 Å². The van der Waals surface area contributed by atoms with Crippen LogP contribution in [0.1, 0.15) is 47.0 Å². The lowest BCUT2D eigenvalue weighted by Crippen LogP contribution is -2.39. The van der Waals surface area contributed by atoms with Gasteiger partial charge in [0.25, 0.3) is 0 Å². The number of rotatable bonds is 7. The summed E-state index contributed by atoms with van der Waals surface area (Å²) in [5.74, 6) is 0.243. The monoisotopic (exact) mass is 270 g/mol. The first-order valence-electron chi connectivity index (χ1n) is 7.64. The molecule has 0 aromatic rings. The summed E-state index contributed by atoms with van der Waals surface area (Å²) in [6.07, 6.45) is 4.08. The van der Waals surface area contributed by atoms with E-state index in [9.17, 15) is 4.79 Å². The summed E-state index contributed by atoms with van der Waals surface area (Å²) < 4.78 is 5.84. The Balaban J connectivity index is 2.05. The van der Waals surface area contributed by atoms with Crippen molar-refractivity contribution in [1.82, 2.24) is 10.2 Å². The minimum atomic E-state index is 0.0870. The molecule has 0 aromatic heterocycles. The van der Waals surface area contributed by atoms with Gasteiger partial charge in [0.1, 0.15) is 0 Å². The van der Waals surface area contributed by atoms with Gasteiger partial charge in [-0.1, -0.05) is 13.8 Å². The average Bonchev–Trinajstić information content (AvgIpc) is 2.35. The van der Waals surface area contributed by atoms with Crippen LogP contribution in [0.3, 0.4) is 0 Å². The van der Waals surface area contributed by atoms with E-state index in [2.05, 4.69) is 24.1 Å². The number of amides is 1. The predicted octanol–water partition coefficient (Wildman–Crippen LogP) is 2.04. The van der Waals surface area contributed by atoms with E-state index in [0.29, 0.717) is 12.2 Å². The Kier molecular flexibility index (Phi) is 7.39. The van der Waals surface area contributed by atoms with E-state index in [4.69, 9.17) is 4.74 Å². The molecule has 4 heteroatoms. The Morgan fingerprint density at radius 2 is 1.89 bits per heavy atom. The number of hydrogen-bond donors (Lipinski definition) is 1. The third kappa shape index (κ3) is 6.92. The first-order valence-corrected chi connectivity index (χ1v) is 7.64. The van der Waals surface area contributed by atoms with Crippen molar-refractivity contribution in [2.75, 3.05) is 26.2 Å². The molecule has 1 amide bonds. The zero-order chi connectivity index (χ0) is 14.3. The van der Waals surface area contributed by atoms with Crippen LogP contribution in [0, 0.1) is 5.92 Å². The Labute approximate surface area is 117 Å². The van der Waals surface area contributed by atoms with Crippen molar-refractivity contribution in [3.8, 4) is 0 Å². The van der Waals surface area contributed by atoms with E-state index >= 15 is 0 Å². The number of likely N-dealkylation sites (tertiary alicyclic amines) is 1. The van der Waals surface area contributed by atoms with Crippen molar-refractivity contribution in [2.45, 2.75) is 59.2 Å². The molecule has 112 valence electrons. The van der Waals surface area contributed by atoms with Gasteiger partial charge in [0.05, 0.1) is 12.2 Å². The summed E-state index contributed by atoms with van der Waals surface area (Å²) in [6, 6.07) is 0. The van der Waals surface area contributed by atoms with Gasteiger partial charge in [-0.3, -0.25) is 4.79 Å². The molecule has 1 saturated heterocycles. The number of nitrogens with zero attached hydrogens (tertiary/aromatic N) is 1. The van der Waals surface area contributed by atoms with Gasteiger partial charge in [-0.25, -0.2) is 0 Å². The zero-order valence-corrected chi connectivity index (χ0v) is 12.9. The maximum Gasteiger partial charge on any atom is 0.222 e. The first kappa shape index (κ1) is 16.4. The highest BCUT2D eigenvalue weighted by Gasteiger charge is 2.19. The average molecular weight is 270 g/mol. The van der Waals surface area contributed by atoms with Crippen LogP contribution in [0.15, 0.2) is 0 Å². The second kappa shape index (κ2) is 8.54. The number of piperidine rings is 1. The van der Waals surface area contributed by atoms with Crippen LogP contribution < -0.4 is 5.32 Å². The molecule has 0 unspecified atom stereocenters. The molecule has 0 aliphatic carbocycles. The summed E-state index contributed by atoms with van der Waals surface area (Å²) in [4.78, 5) is 13.9. The Morgan fingerprint density at radius 1 is 1.26 bits per heavy atom. The molecule has 0 bridgehead atoms. The van der Waals surface area contributed by atoms with Crippen LogP contribution in [0.4, 0.5) is 0 Å². The van der Waals surface area contributed by atoms with Crippen LogP contribution in [0.2, 0.25) is 0 Å². The summed E-state index contributed by atoms with van der Waals surface area (Å²) in [5, 5.41) is 2.97. The molecule has 19 heavy (non-hydrogen) atoms. The van der Waals surface area contributed by atoms with Crippen molar-refractivity contribution < 1.29 is 9.53 Å². The number of ether oxygens (including phenoxy) is 1. The van der Waals surface area contributed by atoms with E-state index in [1.807, 2.05) is 13.8 Å². The minimum absolute atomic E-state index is 0.0870. The molecule has 1 N–H and O–H groups in total. The quantitative estimate of drug-likeness (QED) is 0.720. The SMILES string of the molecule is CC(C)OC1CCN(CCCNC(=O)C(C)C)CC1. The Hall–Kier alpha value is -0.610. The van der Waals surface area contributed by atoms with Crippen LogP contribution in [-0.4, -0.2) is 49.2 Å². The molecule has 1 rings (SSSR count). The second-order valence-electron chi connectivity index (χ2n) is 6.03. The Bertz CT molecular complexity index is 259. The van der Waals surface area contributed by atoms with Crippen LogP contribution >= 0.6 is 0 Å². The second-order valence-corrected chi connectivity index (χ2v) is 6.03. The largest absolute Gasteiger partial charge is 0.375 e. The molecular weight excluding hydrogens is 240 g/mol. The summed E-state index contributed by atoms with van der Waals surface area (Å²) in [6.45, 7) is 12.2. The number of nitrogens with one attached hydrogen (secondary N) is 1. The molecule has 1 aliphatic rings. The molecule has 1 heterocycles. The smallest absolute Gasteiger partial charge is 0.222 e. The molecule has 0 saturated carbocycles. The van der Waals surface area contributed by atoms with Crippen LogP contribution in [0.5, 0.6) is 0 Å². The van der Waals surface area contributed by atoms with E-state index in [1.165, 1.54) is 0 Å². The van der Waals surface area contributed by atoms with Gasteiger partial charge in [-0.05, 0) is 39.7 Å². The highest BCUT2D eigenvalue weighted by atomic mass is 16.5. The fraction of sp³-hybridized carbons (Fsp3) is 0.933. The standard InChI is InChI=1S/C15H30N2O2/c1-12(2)15(18)16-8-5-9-17-10-6-14(7-11-17)19-13(3)4/h12-14H,5-11H2,1-4H3,(H,16,18). The highest BCUT2D eigenvalue weighted by molar-refractivity contribution is 5.77. The van der Waals surface area contributed by atoms with Gasteiger partial charge in [0.2, 0.25) is 5.91 Å². The van der Waals surface area contributed by atoms with Crippen molar-refractivity contribution in [3.05, 3.63) is 0 Å². The normalized spacial score (nSPS) is 18.2. The number of hydrogen-bond acceptors (Lipinski definition) is 3. The lowest BCUT2D eigenvalue weighted by Gasteiger charge is -2.32. The number of carbonyl (C=O) groups excluding carboxylic acids is 1. The van der Waals surface area contributed by atoms with Crippen LogP contribution in [0.25, 0.3) is 0 Å². The summed E-state index contributed by atoms with van der Waals surface area (Å²) >= 11 is 0. The van der Waals surface area contributed by atoms with Gasteiger partial charge in [-0.2, -0.15) is 0 Å². The molecule has 0 aromatic carbocycles. The highest BCUT2D eigenvalue weighted by Crippen LogP contribution is 2.15. The number of carbonyl (C=O) groups is 1. The van der Waals surface area contributed by atoms with E-state index in [-0.39, 0.29) is 11.8 Å². The third-order valence-corrected chi connectivity index (χ3v) is 3.47. The maximum atomic E-state index is 11.4. The van der Waals surface area contributed by atoms with Gasteiger partial charge in [0.15, 0.2) is 0 Å². The molecular formula is C15H30N2O2. The Morgan fingerprint density at radius 3 is 2.42 bits per heavy atom. The van der Waals surface area contributed by atoms with Crippen LogP contribution in [-0.2, 0) is 9.53 Å². The van der Waals surface area contributed by atoms with Gasteiger partial charge in [-0.15, -0.1) is 0 Å². The molecule has 0 radical (unpaired) electrons. The molecule has 0 atom stereocenters. The van der Waals surface area contributed by atoms with E-state index in [0.717, 1.165) is 45.4 Å². The predicted molar refractivity (Wildman–Crippen MR) is 78.1 cm³/mol. The lowest BCUT2D eigenvalue weighted by atomic mass is 10.1. The molecule has 1 aliphatic heterocycles. The topological polar surface area (TPSA) is 41.6 Å². The fourth-order valence-corrected chi connectivity index (χ4v) is 2.37. The first-order chi connectivity index (χ1) is 8.99. The summed E-state index contributed by atoms with van der Waals surface area (Å²) in [5.41, 5.74) is 0. The molecule has 0 spiro atoms. The third-order valence-electron chi connectivity index (χ3n) is 3.47. The minimum Gasteiger partial charge on any atom is -0.375 e. The van der Waals surface area contributed by atoms with Gasteiger partial charge >= 0.3 is 0 Å². The lowest BCUT2D eigenvalue weighted by molar-refractivity contribution is -0.123.